The number of aromatic carboxylic acids is 1. The van der Waals surface area contributed by atoms with Gasteiger partial charge in [0.1, 0.15) is 5.76 Å². The molecule has 0 radical (unpaired) electrons. The van der Waals surface area contributed by atoms with Crippen LogP contribution < -0.4 is 10.4 Å². The standard InChI is InChI=1S/C18H11Cl2NO4/c19-12-2-1-3-13(20)16(12)14-8-9-15(25-14)17(22)21-11-6-4-10(5-7-11)18(23)24/h1-9H,(H,21,22)(H,23,24)/p-1. The number of carboxylic acid groups (broad SMARTS) is 1. The summed E-state index contributed by atoms with van der Waals surface area (Å²) in [7, 11) is 0. The highest BCUT2D eigenvalue weighted by molar-refractivity contribution is 6.39. The minimum Gasteiger partial charge on any atom is -0.545 e. The number of carbonyl (C=O) groups is 2. The lowest BCUT2D eigenvalue weighted by molar-refractivity contribution is -0.255. The number of nitrogens with one attached hydrogen (secondary N) is 1. The summed E-state index contributed by atoms with van der Waals surface area (Å²) in [6, 6.07) is 13.7. The average Bonchev–Trinajstić information content (AvgIpc) is 3.05. The Morgan fingerprint density at radius 2 is 1.56 bits per heavy atom. The molecule has 0 bridgehead atoms. The number of carbonyl (C=O) groups excluding carboxylic acids is 2. The van der Waals surface area contributed by atoms with Gasteiger partial charge in [-0.2, -0.15) is 0 Å². The van der Waals surface area contributed by atoms with E-state index in [0.717, 1.165) is 0 Å². The number of anilines is 1. The highest BCUT2D eigenvalue weighted by Gasteiger charge is 2.16. The van der Waals surface area contributed by atoms with Crippen LogP contribution in [0.4, 0.5) is 5.69 Å². The van der Waals surface area contributed by atoms with E-state index in [1.807, 2.05) is 0 Å². The molecule has 0 spiro atoms. The summed E-state index contributed by atoms with van der Waals surface area (Å²) in [6.07, 6.45) is 0. The predicted octanol–water partition coefficient (Wildman–Crippen LogP) is 3.87. The zero-order valence-electron chi connectivity index (χ0n) is 12.6. The Hall–Kier alpha value is -2.76. The fourth-order valence-corrected chi connectivity index (χ4v) is 2.79. The number of rotatable bonds is 4. The molecule has 1 aromatic heterocycles. The quantitative estimate of drug-likeness (QED) is 0.751. The summed E-state index contributed by atoms with van der Waals surface area (Å²) < 4.78 is 5.54. The summed E-state index contributed by atoms with van der Waals surface area (Å²) in [5.74, 6) is -1.34. The summed E-state index contributed by atoms with van der Waals surface area (Å²) in [5.41, 5.74) is 0.943. The van der Waals surface area contributed by atoms with Crippen molar-refractivity contribution in [3.05, 3.63) is 76.0 Å². The monoisotopic (exact) mass is 374 g/mol. The van der Waals surface area contributed by atoms with Gasteiger partial charge in [0.25, 0.3) is 5.91 Å². The van der Waals surface area contributed by atoms with Gasteiger partial charge in [0.15, 0.2) is 5.76 Å². The molecule has 126 valence electrons. The molecular weight excluding hydrogens is 365 g/mol. The number of furan rings is 1. The number of carboxylic acids is 1. The number of benzene rings is 2. The molecule has 0 fully saturated rings. The van der Waals surface area contributed by atoms with Crippen LogP contribution in [0.1, 0.15) is 20.9 Å². The summed E-state index contributed by atoms with van der Waals surface area (Å²) in [6.45, 7) is 0. The molecule has 0 saturated heterocycles. The highest BCUT2D eigenvalue weighted by atomic mass is 35.5. The van der Waals surface area contributed by atoms with Gasteiger partial charge in [0, 0.05) is 5.69 Å². The average molecular weight is 375 g/mol. The fraction of sp³-hybridized carbons (Fsp3) is 0. The Morgan fingerprint density at radius 3 is 2.16 bits per heavy atom. The molecule has 0 saturated carbocycles. The van der Waals surface area contributed by atoms with Gasteiger partial charge >= 0.3 is 0 Å². The first-order chi connectivity index (χ1) is 12.0. The Balaban J connectivity index is 1.80. The molecule has 0 aliphatic heterocycles. The number of amides is 1. The van der Waals surface area contributed by atoms with Gasteiger partial charge in [-0.3, -0.25) is 4.79 Å². The molecule has 0 atom stereocenters. The smallest absolute Gasteiger partial charge is 0.291 e. The minimum atomic E-state index is -1.29. The van der Waals surface area contributed by atoms with Crippen LogP contribution >= 0.6 is 23.2 Å². The summed E-state index contributed by atoms with van der Waals surface area (Å²) in [5, 5.41) is 14.1. The van der Waals surface area contributed by atoms with E-state index in [-0.39, 0.29) is 11.3 Å². The highest BCUT2D eigenvalue weighted by Crippen LogP contribution is 2.35. The topological polar surface area (TPSA) is 82.4 Å². The molecular formula is C18H10Cl2NO4-. The van der Waals surface area contributed by atoms with Gasteiger partial charge in [0.2, 0.25) is 0 Å². The molecule has 1 N–H and O–H groups in total. The van der Waals surface area contributed by atoms with Crippen LogP contribution in [-0.4, -0.2) is 11.9 Å². The van der Waals surface area contributed by atoms with Crippen molar-refractivity contribution in [3.8, 4) is 11.3 Å². The normalized spacial score (nSPS) is 10.5. The van der Waals surface area contributed by atoms with Crippen molar-refractivity contribution in [2.24, 2.45) is 0 Å². The SMILES string of the molecule is O=C([O-])c1ccc(NC(=O)c2ccc(-c3c(Cl)cccc3Cl)o2)cc1. The second kappa shape index (κ2) is 7.01. The van der Waals surface area contributed by atoms with Gasteiger partial charge in [0.05, 0.1) is 21.6 Å². The van der Waals surface area contributed by atoms with E-state index >= 15 is 0 Å². The van der Waals surface area contributed by atoms with Gasteiger partial charge in [-0.25, -0.2) is 0 Å². The molecule has 2 aromatic carbocycles. The molecule has 1 amide bonds. The zero-order chi connectivity index (χ0) is 18.0. The maximum Gasteiger partial charge on any atom is 0.291 e. The molecule has 0 aliphatic carbocycles. The maximum absolute atomic E-state index is 12.2. The van der Waals surface area contributed by atoms with Crippen LogP contribution in [0.2, 0.25) is 10.0 Å². The van der Waals surface area contributed by atoms with E-state index < -0.39 is 11.9 Å². The Morgan fingerprint density at radius 1 is 0.920 bits per heavy atom. The van der Waals surface area contributed by atoms with E-state index in [0.29, 0.717) is 27.1 Å². The second-order valence-corrected chi connectivity index (χ2v) is 5.89. The van der Waals surface area contributed by atoms with Crippen molar-refractivity contribution >= 4 is 40.8 Å². The molecule has 3 aromatic rings. The zero-order valence-corrected chi connectivity index (χ0v) is 14.1. The Kier molecular flexibility index (Phi) is 4.79. The number of hydrogen-bond donors (Lipinski definition) is 1. The molecule has 3 rings (SSSR count). The first-order valence-electron chi connectivity index (χ1n) is 7.12. The summed E-state index contributed by atoms with van der Waals surface area (Å²) >= 11 is 12.2. The van der Waals surface area contributed by atoms with E-state index in [2.05, 4.69) is 5.32 Å². The molecule has 7 heteroatoms. The third-order valence-electron chi connectivity index (χ3n) is 3.42. The lowest BCUT2D eigenvalue weighted by atomic mass is 10.2. The minimum absolute atomic E-state index is 0.0200. The molecule has 5 nitrogen and oxygen atoms in total. The van der Waals surface area contributed by atoms with Crippen LogP contribution in [0.3, 0.4) is 0 Å². The number of hydrogen-bond acceptors (Lipinski definition) is 4. The molecule has 0 unspecified atom stereocenters. The van der Waals surface area contributed by atoms with Crippen molar-refractivity contribution in [1.82, 2.24) is 0 Å². The van der Waals surface area contributed by atoms with Gasteiger partial charge in [-0.05, 0) is 42.0 Å². The lowest BCUT2D eigenvalue weighted by Crippen LogP contribution is -2.22. The maximum atomic E-state index is 12.2. The van der Waals surface area contributed by atoms with Crippen LogP contribution in [0.15, 0.2) is 59.0 Å². The van der Waals surface area contributed by atoms with E-state index in [9.17, 15) is 14.7 Å². The first-order valence-corrected chi connectivity index (χ1v) is 7.88. The van der Waals surface area contributed by atoms with Crippen LogP contribution in [0.25, 0.3) is 11.3 Å². The van der Waals surface area contributed by atoms with E-state index in [1.165, 1.54) is 30.3 Å². The predicted molar refractivity (Wildman–Crippen MR) is 92.9 cm³/mol. The third-order valence-corrected chi connectivity index (χ3v) is 4.05. The molecule has 25 heavy (non-hydrogen) atoms. The summed E-state index contributed by atoms with van der Waals surface area (Å²) in [4.78, 5) is 23.0. The molecule has 0 aliphatic rings. The van der Waals surface area contributed by atoms with Crippen molar-refractivity contribution in [1.29, 1.82) is 0 Å². The first kappa shape index (κ1) is 17.1. The Bertz CT molecular complexity index is 928. The van der Waals surface area contributed by atoms with E-state index in [4.69, 9.17) is 27.6 Å². The van der Waals surface area contributed by atoms with Crippen molar-refractivity contribution < 1.29 is 19.1 Å². The largest absolute Gasteiger partial charge is 0.545 e. The lowest BCUT2D eigenvalue weighted by Gasteiger charge is -2.06. The van der Waals surface area contributed by atoms with Crippen LogP contribution in [0, 0.1) is 0 Å². The Labute approximate surface area is 152 Å². The fourth-order valence-electron chi connectivity index (χ4n) is 2.21. The van der Waals surface area contributed by atoms with Gasteiger partial charge in [-0.1, -0.05) is 41.4 Å². The van der Waals surface area contributed by atoms with Gasteiger partial charge < -0.3 is 19.6 Å². The van der Waals surface area contributed by atoms with Crippen molar-refractivity contribution in [2.45, 2.75) is 0 Å². The van der Waals surface area contributed by atoms with Crippen molar-refractivity contribution in [2.75, 3.05) is 5.32 Å². The van der Waals surface area contributed by atoms with E-state index in [1.54, 1.807) is 24.3 Å². The second-order valence-electron chi connectivity index (χ2n) is 5.08. The third kappa shape index (κ3) is 3.68. The van der Waals surface area contributed by atoms with Gasteiger partial charge in [-0.15, -0.1) is 0 Å². The molecule has 1 heterocycles. The van der Waals surface area contributed by atoms with Crippen molar-refractivity contribution in [3.63, 3.8) is 0 Å². The van der Waals surface area contributed by atoms with Crippen LogP contribution in [0.5, 0.6) is 0 Å². The number of halogens is 2. The van der Waals surface area contributed by atoms with Crippen LogP contribution in [-0.2, 0) is 0 Å².